The Morgan fingerprint density at radius 1 is 1.36 bits per heavy atom. The zero-order valence-electron chi connectivity index (χ0n) is 8.70. The summed E-state index contributed by atoms with van der Waals surface area (Å²) in [5.74, 6) is 1.13. The number of nitrogens with two attached hydrogens (primary N) is 1. The average Bonchev–Trinajstić information content (AvgIpc) is 2.20. The molecule has 1 heterocycles. The minimum atomic E-state index is 0.799. The molecule has 0 aliphatic carbocycles. The normalized spacial score (nSPS) is 10.4. The number of aromatic nitrogens is 1. The van der Waals surface area contributed by atoms with E-state index in [4.69, 9.17) is 5.73 Å². The monoisotopic (exact) mass is 210 g/mol. The maximum atomic E-state index is 5.78. The van der Waals surface area contributed by atoms with Gasteiger partial charge in [0.2, 0.25) is 0 Å². The fourth-order valence-corrected chi connectivity index (χ4v) is 2.13. The molecule has 0 aliphatic rings. The lowest BCUT2D eigenvalue weighted by Gasteiger charge is -2.02. The Balaban J connectivity index is 2.21. The van der Waals surface area contributed by atoms with Gasteiger partial charge in [-0.05, 0) is 24.3 Å². The summed E-state index contributed by atoms with van der Waals surface area (Å²) in [7, 11) is 0. The van der Waals surface area contributed by atoms with Crippen molar-refractivity contribution >= 4 is 17.4 Å². The van der Waals surface area contributed by atoms with Crippen molar-refractivity contribution in [3.05, 3.63) is 18.3 Å². The number of nitrogens with zero attached hydrogens (tertiary/aromatic N) is 1. The number of unbranched alkanes of at least 4 members (excludes halogenated alkanes) is 3. The maximum Gasteiger partial charge on any atom is 0.119 e. The molecule has 1 aromatic rings. The average molecular weight is 210 g/mol. The number of pyridine rings is 1. The molecule has 3 heteroatoms. The lowest BCUT2D eigenvalue weighted by molar-refractivity contribution is 0.706. The molecular weight excluding hydrogens is 192 g/mol. The van der Waals surface area contributed by atoms with E-state index in [9.17, 15) is 0 Å². The van der Waals surface area contributed by atoms with Gasteiger partial charge in [0.1, 0.15) is 5.03 Å². The summed E-state index contributed by atoms with van der Waals surface area (Å²) in [4.78, 5) is 4.23. The highest BCUT2D eigenvalue weighted by atomic mass is 32.2. The van der Waals surface area contributed by atoms with Crippen LogP contribution in [0.2, 0.25) is 0 Å². The van der Waals surface area contributed by atoms with E-state index in [1.54, 1.807) is 18.0 Å². The third kappa shape index (κ3) is 4.01. The number of anilines is 1. The third-order valence-electron chi connectivity index (χ3n) is 2.04. The van der Waals surface area contributed by atoms with Crippen molar-refractivity contribution in [1.82, 2.24) is 4.98 Å². The zero-order chi connectivity index (χ0) is 10.2. The molecule has 0 fully saturated rings. The molecule has 0 amide bonds. The summed E-state index contributed by atoms with van der Waals surface area (Å²) in [6.45, 7) is 2.23. The second-order valence-corrected chi connectivity index (χ2v) is 4.39. The van der Waals surface area contributed by atoms with Gasteiger partial charge in [-0.1, -0.05) is 26.2 Å². The molecule has 2 N–H and O–H groups in total. The molecule has 14 heavy (non-hydrogen) atoms. The van der Waals surface area contributed by atoms with E-state index in [1.165, 1.54) is 25.7 Å². The molecule has 0 aliphatic heterocycles. The summed E-state index contributed by atoms with van der Waals surface area (Å²) in [5.41, 5.74) is 6.58. The second kappa shape index (κ2) is 6.71. The standard InChI is InChI=1S/C11H18N2S/c1-2-3-4-5-9-14-11-10(12)7-6-8-13-11/h6-8H,2-5,9,12H2,1H3. The van der Waals surface area contributed by atoms with Gasteiger partial charge in [0.15, 0.2) is 0 Å². The second-order valence-electron chi connectivity index (χ2n) is 3.31. The van der Waals surface area contributed by atoms with Crippen LogP contribution < -0.4 is 5.73 Å². The highest BCUT2D eigenvalue weighted by Gasteiger charge is 1.99. The third-order valence-corrected chi connectivity index (χ3v) is 3.14. The van der Waals surface area contributed by atoms with Crippen LogP contribution in [0.4, 0.5) is 5.69 Å². The van der Waals surface area contributed by atoms with Crippen molar-refractivity contribution in [3.63, 3.8) is 0 Å². The van der Waals surface area contributed by atoms with Gasteiger partial charge >= 0.3 is 0 Å². The Morgan fingerprint density at radius 3 is 2.93 bits per heavy atom. The molecule has 78 valence electrons. The summed E-state index contributed by atoms with van der Waals surface area (Å²) in [6.07, 6.45) is 6.99. The van der Waals surface area contributed by atoms with Crippen LogP contribution in [0.25, 0.3) is 0 Å². The molecule has 0 unspecified atom stereocenters. The molecule has 0 saturated carbocycles. The lowest BCUT2D eigenvalue weighted by Crippen LogP contribution is -1.91. The molecule has 1 rings (SSSR count). The van der Waals surface area contributed by atoms with Crippen LogP contribution in [0.1, 0.15) is 32.6 Å². The Bertz CT molecular complexity index is 263. The summed E-state index contributed by atoms with van der Waals surface area (Å²) < 4.78 is 0. The first-order chi connectivity index (χ1) is 6.84. The van der Waals surface area contributed by atoms with Crippen LogP contribution in [0.5, 0.6) is 0 Å². The highest BCUT2D eigenvalue weighted by Crippen LogP contribution is 2.22. The summed E-state index contributed by atoms with van der Waals surface area (Å²) in [6, 6.07) is 3.78. The number of rotatable bonds is 6. The van der Waals surface area contributed by atoms with Crippen molar-refractivity contribution in [2.24, 2.45) is 0 Å². The van der Waals surface area contributed by atoms with E-state index in [0.717, 1.165) is 16.5 Å². The van der Waals surface area contributed by atoms with Crippen molar-refractivity contribution in [2.75, 3.05) is 11.5 Å². The number of hydrogen-bond donors (Lipinski definition) is 1. The minimum absolute atomic E-state index is 0.799. The van der Waals surface area contributed by atoms with E-state index in [1.807, 2.05) is 12.1 Å². The molecular formula is C11H18N2S. The van der Waals surface area contributed by atoms with Crippen molar-refractivity contribution in [1.29, 1.82) is 0 Å². The first kappa shape index (κ1) is 11.4. The van der Waals surface area contributed by atoms with Crippen molar-refractivity contribution in [2.45, 2.75) is 37.6 Å². The molecule has 1 aromatic heterocycles. The van der Waals surface area contributed by atoms with Crippen molar-refractivity contribution in [3.8, 4) is 0 Å². The molecule has 0 atom stereocenters. The van der Waals surface area contributed by atoms with Crippen LogP contribution >= 0.6 is 11.8 Å². The first-order valence-electron chi connectivity index (χ1n) is 5.18. The number of nitrogen functional groups attached to an aromatic ring is 1. The van der Waals surface area contributed by atoms with Crippen LogP contribution in [0.3, 0.4) is 0 Å². The van der Waals surface area contributed by atoms with Gasteiger partial charge in [-0.15, -0.1) is 11.8 Å². The van der Waals surface area contributed by atoms with Crippen LogP contribution in [0, 0.1) is 0 Å². The van der Waals surface area contributed by atoms with Gasteiger partial charge in [-0.3, -0.25) is 0 Å². The number of thioether (sulfide) groups is 1. The molecule has 2 nitrogen and oxygen atoms in total. The lowest BCUT2D eigenvalue weighted by atomic mass is 10.2. The Kier molecular flexibility index (Phi) is 5.45. The van der Waals surface area contributed by atoms with E-state index in [2.05, 4.69) is 11.9 Å². The van der Waals surface area contributed by atoms with Crippen LogP contribution in [-0.4, -0.2) is 10.7 Å². The Labute approximate surface area is 90.3 Å². The predicted molar refractivity (Wildman–Crippen MR) is 63.5 cm³/mol. The zero-order valence-corrected chi connectivity index (χ0v) is 9.52. The molecule has 0 spiro atoms. The number of hydrogen-bond acceptors (Lipinski definition) is 3. The molecule has 0 aromatic carbocycles. The topological polar surface area (TPSA) is 38.9 Å². The van der Waals surface area contributed by atoms with Gasteiger partial charge in [-0.2, -0.15) is 0 Å². The summed E-state index contributed by atoms with van der Waals surface area (Å²) >= 11 is 1.76. The van der Waals surface area contributed by atoms with Crippen LogP contribution in [-0.2, 0) is 0 Å². The van der Waals surface area contributed by atoms with Gasteiger partial charge in [0, 0.05) is 6.20 Å². The van der Waals surface area contributed by atoms with E-state index in [-0.39, 0.29) is 0 Å². The molecule has 0 bridgehead atoms. The largest absolute Gasteiger partial charge is 0.397 e. The molecule has 0 saturated heterocycles. The van der Waals surface area contributed by atoms with Gasteiger partial charge in [0.25, 0.3) is 0 Å². The smallest absolute Gasteiger partial charge is 0.119 e. The Hall–Kier alpha value is -0.700. The fraction of sp³-hybridized carbons (Fsp3) is 0.545. The van der Waals surface area contributed by atoms with Crippen LogP contribution in [0.15, 0.2) is 23.4 Å². The summed E-state index contributed by atoms with van der Waals surface area (Å²) in [5, 5.41) is 0.976. The van der Waals surface area contributed by atoms with Gasteiger partial charge < -0.3 is 5.73 Å². The van der Waals surface area contributed by atoms with E-state index in [0.29, 0.717) is 0 Å². The highest BCUT2D eigenvalue weighted by molar-refractivity contribution is 7.99. The predicted octanol–water partition coefficient (Wildman–Crippen LogP) is 3.34. The quantitative estimate of drug-likeness (QED) is 0.578. The first-order valence-corrected chi connectivity index (χ1v) is 6.16. The van der Waals surface area contributed by atoms with Crippen molar-refractivity contribution < 1.29 is 0 Å². The van der Waals surface area contributed by atoms with E-state index < -0.39 is 0 Å². The fourth-order valence-electron chi connectivity index (χ4n) is 1.22. The van der Waals surface area contributed by atoms with E-state index >= 15 is 0 Å². The minimum Gasteiger partial charge on any atom is -0.397 e. The van der Waals surface area contributed by atoms with Gasteiger partial charge in [0.05, 0.1) is 5.69 Å². The van der Waals surface area contributed by atoms with Gasteiger partial charge in [-0.25, -0.2) is 4.98 Å². The molecule has 0 radical (unpaired) electrons. The SMILES string of the molecule is CCCCCCSc1ncccc1N. The maximum absolute atomic E-state index is 5.78. The Morgan fingerprint density at radius 2 is 2.21 bits per heavy atom.